The van der Waals surface area contributed by atoms with E-state index in [1.165, 1.54) is 0 Å². The van der Waals surface area contributed by atoms with Gasteiger partial charge in [-0.1, -0.05) is 36.4 Å². The summed E-state index contributed by atoms with van der Waals surface area (Å²) in [6.45, 7) is 4.86. The Labute approximate surface area is 163 Å². The maximum absolute atomic E-state index is 6.37. The molecule has 4 rings (SSSR count). The number of halogens is 1. The molecule has 0 N–H and O–H groups in total. The van der Waals surface area contributed by atoms with Gasteiger partial charge < -0.3 is 9.64 Å². The first-order valence-corrected chi connectivity index (χ1v) is 10.4. The van der Waals surface area contributed by atoms with Crippen LogP contribution in [0.5, 0.6) is 5.75 Å². The van der Waals surface area contributed by atoms with E-state index in [-0.39, 0.29) is 12.1 Å². The van der Waals surface area contributed by atoms with Crippen LogP contribution in [-0.4, -0.2) is 33.5 Å². The number of aliphatic imine (C=N–C) groups is 1. The molecular formula is C20H22ClN3OS. The summed E-state index contributed by atoms with van der Waals surface area (Å²) in [5.74, 6) is 1.96. The van der Waals surface area contributed by atoms with Crippen molar-refractivity contribution in [1.82, 2.24) is 9.88 Å². The molecule has 26 heavy (non-hydrogen) atoms. The molecule has 0 saturated carbocycles. The van der Waals surface area contributed by atoms with Crippen LogP contribution in [0.15, 0.2) is 47.6 Å². The fourth-order valence-corrected chi connectivity index (χ4v) is 5.24. The standard InChI is InChI=1S/C20H22ClN3OS/c1-3-14-12-26-20-23-18(16-7-5-6-10-22-16)19(24(14)20)15-11-13(21)8-9-17(15)25-4-2/h5-11,14,18-19H,3-4,12H2,1-2H3/t14-,18+,19+/m1/s1. The number of pyridine rings is 1. The molecule has 4 nitrogen and oxygen atoms in total. The molecular weight excluding hydrogens is 366 g/mol. The molecule has 6 heteroatoms. The Hall–Kier alpha value is -1.72. The zero-order valence-corrected chi connectivity index (χ0v) is 16.5. The summed E-state index contributed by atoms with van der Waals surface area (Å²) in [7, 11) is 0. The fourth-order valence-electron chi connectivity index (χ4n) is 3.72. The highest BCUT2D eigenvalue weighted by molar-refractivity contribution is 8.14. The Morgan fingerprint density at radius 2 is 2.15 bits per heavy atom. The van der Waals surface area contributed by atoms with E-state index in [4.69, 9.17) is 21.3 Å². The van der Waals surface area contributed by atoms with Crippen LogP contribution in [0.3, 0.4) is 0 Å². The number of fused-ring (bicyclic) bond motifs is 1. The summed E-state index contributed by atoms with van der Waals surface area (Å²) in [5, 5.41) is 1.83. The molecule has 0 amide bonds. The van der Waals surface area contributed by atoms with Crippen molar-refractivity contribution in [3.05, 3.63) is 58.9 Å². The number of aromatic nitrogens is 1. The van der Waals surface area contributed by atoms with Gasteiger partial charge in [-0.15, -0.1) is 0 Å². The minimum Gasteiger partial charge on any atom is -0.494 e. The van der Waals surface area contributed by atoms with E-state index in [1.54, 1.807) is 0 Å². The van der Waals surface area contributed by atoms with E-state index in [0.717, 1.165) is 39.4 Å². The van der Waals surface area contributed by atoms with Crippen molar-refractivity contribution in [2.24, 2.45) is 4.99 Å². The van der Waals surface area contributed by atoms with Crippen LogP contribution in [-0.2, 0) is 0 Å². The van der Waals surface area contributed by atoms with Gasteiger partial charge in [0.2, 0.25) is 0 Å². The molecule has 2 aromatic rings. The van der Waals surface area contributed by atoms with Gasteiger partial charge in [-0.25, -0.2) is 0 Å². The van der Waals surface area contributed by atoms with Gasteiger partial charge in [0, 0.05) is 28.6 Å². The minimum absolute atomic E-state index is 0.0503. The van der Waals surface area contributed by atoms with Crippen molar-refractivity contribution in [2.75, 3.05) is 12.4 Å². The van der Waals surface area contributed by atoms with E-state index in [1.807, 2.05) is 55.2 Å². The van der Waals surface area contributed by atoms with Crippen LogP contribution in [0.1, 0.15) is 43.6 Å². The summed E-state index contributed by atoms with van der Waals surface area (Å²) >= 11 is 8.21. The highest BCUT2D eigenvalue weighted by Gasteiger charge is 2.46. The monoisotopic (exact) mass is 387 g/mol. The molecule has 3 atom stereocenters. The van der Waals surface area contributed by atoms with Crippen molar-refractivity contribution in [3.8, 4) is 5.75 Å². The van der Waals surface area contributed by atoms with Gasteiger partial charge in [0.05, 0.1) is 18.3 Å². The highest BCUT2D eigenvalue weighted by atomic mass is 35.5. The topological polar surface area (TPSA) is 37.7 Å². The van der Waals surface area contributed by atoms with Crippen LogP contribution in [0.4, 0.5) is 0 Å². The summed E-state index contributed by atoms with van der Waals surface area (Å²) in [6.07, 6.45) is 2.92. The third-order valence-corrected chi connectivity index (χ3v) is 6.28. The molecule has 1 fully saturated rings. The van der Waals surface area contributed by atoms with Crippen molar-refractivity contribution in [2.45, 2.75) is 38.4 Å². The molecule has 3 heterocycles. The predicted octanol–water partition coefficient (Wildman–Crippen LogP) is 5.11. The zero-order valence-electron chi connectivity index (χ0n) is 14.9. The fraction of sp³-hybridized carbons (Fsp3) is 0.400. The van der Waals surface area contributed by atoms with E-state index >= 15 is 0 Å². The number of amidine groups is 1. The van der Waals surface area contributed by atoms with Crippen molar-refractivity contribution < 1.29 is 4.74 Å². The van der Waals surface area contributed by atoms with Crippen LogP contribution < -0.4 is 4.74 Å². The maximum atomic E-state index is 6.37. The summed E-state index contributed by atoms with van der Waals surface area (Å²) in [4.78, 5) is 12.1. The molecule has 1 aromatic heterocycles. The molecule has 0 radical (unpaired) electrons. The Balaban J connectivity index is 1.84. The predicted molar refractivity (Wildman–Crippen MR) is 108 cm³/mol. The summed E-state index contributed by atoms with van der Waals surface area (Å²) in [6, 6.07) is 12.4. The van der Waals surface area contributed by atoms with Gasteiger partial charge in [0.25, 0.3) is 0 Å². The van der Waals surface area contributed by atoms with E-state index in [0.29, 0.717) is 12.6 Å². The number of hydrogen-bond donors (Lipinski definition) is 0. The first-order valence-electron chi connectivity index (χ1n) is 9.05. The quantitative estimate of drug-likeness (QED) is 0.714. The Bertz CT molecular complexity index is 814. The number of nitrogens with zero attached hydrogens (tertiary/aromatic N) is 3. The third-order valence-electron chi connectivity index (χ3n) is 4.92. The lowest BCUT2D eigenvalue weighted by Crippen LogP contribution is -2.35. The second-order valence-corrected chi connectivity index (χ2v) is 7.88. The normalized spacial score (nSPS) is 24.5. The average Bonchev–Trinajstić information content (AvgIpc) is 3.23. The molecule has 0 spiro atoms. The third kappa shape index (κ3) is 3.08. The van der Waals surface area contributed by atoms with Crippen molar-refractivity contribution in [3.63, 3.8) is 0 Å². The van der Waals surface area contributed by atoms with E-state index in [9.17, 15) is 0 Å². The molecule has 0 aliphatic carbocycles. The van der Waals surface area contributed by atoms with Crippen LogP contribution in [0, 0.1) is 0 Å². The number of benzene rings is 1. The minimum atomic E-state index is -0.0503. The molecule has 2 aliphatic rings. The average molecular weight is 388 g/mol. The lowest BCUT2D eigenvalue weighted by Gasteiger charge is -2.32. The lowest BCUT2D eigenvalue weighted by molar-refractivity contribution is 0.245. The summed E-state index contributed by atoms with van der Waals surface area (Å²) < 4.78 is 5.94. The Morgan fingerprint density at radius 1 is 1.27 bits per heavy atom. The van der Waals surface area contributed by atoms with Crippen LogP contribution in [0.2, 0.25) is 5.02 Å². The Kier molecular flexibility index (Phi) is 5.09. The first kappa shape index (κ1) is 17.7. The number of rotatable bonds is 5. The SMILES string of the molecule is CCOc1ccc(Cl)cc1[C@H]1[C@H](c2ccccn2)N=C2SC[C@@H](CC)N21. The van der Waals surface area contributed by atoms with Crippen molar-refractivity contribution >= 4 is 28.5 Å². The van der Waals surface area contributed by atoms with Crippen LogP contribution >= 0.6 is 23.4 Å². The lowest BCUT2D eigenvalue weighted by atomic mass is 9.94. The van der Waals surface area contributed by atoms with Gasteiger partial charge in [-0.2, -0.15) is 0 Å². The smallest absolute Gasteiger partial charge is 0.160 e. The number of thioether (sulfide) groups is 1. The van der Waals surface area contributed by atoms with Gasteiger partial charge in [0.1, 0.15) is 11.8 Å². The maximum Gasteiger partial charge on any atom is 0.160 e. The van der Waals surface area contributed by atoms with Gasteiger partial charge in [0.15, 0.2) is 5.17 Å². The second-order valence-electron chi connectivity index (χ2n) is 6.45. The van der Waals surface area contributed by atoms with E-state index < -0.39 is 0 Å². The second kappa shape index (κ2) is 7.49. The van der Waals surface area contributed by atoms with Gasteiger partial charge >= 0.3 is 0 Å². The van der Waals surface area contributed by atoms with Crippen LogP contribution in [0.25, 0.3) is 0 Å². The van der Waals surface area contributed by atoms with Crippen molar-refractivity contribution in [1.29, 1.82) is 0 Å². The molecule has 136 valence electrons. The van der Waals surface area contributed by atoms with Gasteiger partial charge in [-0.05, 0) is 43.7 Å². The number of hydrogen-bond acceptors (Lipinski definition) is 5. The van der Waals surface area contributed by atoms with E-state index in [2.05, 4.69) is 22.9 Å². The number of ether oxygens (including phenoxy) is 1. The molecule has 0 unspecified atom stereocenters. The largest absolute Gasteiger partial charge is 0.494 e. The molecule has 1 saturated heterocycles. The Morgan fingerprint density at radius 3 is 2.88 bits per heavy atom. The molecule has 1 aromatic carbocycles. The first-order chi connectivity index (χ1) is 12.7. The molecule has 2 aliphatic heterocycles. The molecule has 0 bridgehead atoms. The summed E-state index contributed by atoms with van der Waals surface area (Å²) in [5.41, 5.74) is 2.08. The highest BCUT2D eigenvalue weighted by Crippen LogP contribution is 2.50. The zero-order chi connectivity index (χ0) is 18.1. The van der Waals surface area contributed by atoms with Gasteiger partial charge in [-0.3, -0.25) is 9.98 Å².